The molecule has 1 aliphatic rings. The fourth-order valence-electron chi connectivity index (χ4n) is 4.57. The molecule has 3 aromatic carbocycles. The van der Waals surface area contributed by atoms with Crippen LogP contribution in [0, 0.1) is 33.1 Å². The maximum atomic E-state index is 13.1. The summed E-state index contributed by atoms with van der Waals surface area (Å²) in [6.07, 6.45) is 0.452. The van der Waals surface area contributed by atoms with Crippen LogP contribution in [-0.2, 0) is 22.5 Å². The molecule has 0 fully saturated rings. The Labute approximate surface area is 226 Å². The van der Waals surface area contributed by atoms with E-state index in [1.54, 1.807) is 24.3 Å². The molecule has 0 aliphatic heterocycles. The average molecular weight is 583 g/mol. The Morgan fingerprint density at radius 1 is 0.947 bits per heavy atom. The summed E-state index contributed by atoms with van der Waals surface area (Å²) in [7, 11) is 0. The van der Waals surface area contributed by atoms with E-state index < -0.39 is 39.3 Å². The molecule has 2 atom stereocenters. The number of hydrogen-bond donors (Lipinski definition) is 0. The van der Waals surface area contributed by atoms with Crippen molar-refractivity contribution in [2.45, 2.75) is 39.4 Å². The molecule has 3 aromatic rings. The number of hydrogen-bond acceptors (Lipinski definition) is 8. The van der Waals surface area contributed by atoms with Crippen molar-refractivity contribution in [1.29, 1.82) is 0 Å². The number of non-ortho nitro benzene ring substituents is 2. The van der Waals surface area contributed by atoms with Crippen LogP contribution >= 0.6 is 15.9 Å². The number of nitrogens with zero attached hydrogens (tertiary/aromatic N) is 2. The van der Waals surface area contributed by atoms with Gasteiger partial charge in [0.2, 0.25) is 0 Å². The van der Waals surface area contributed by atoms with Crippen LogP contribution in [0.25, 0.3) is 0 Å². The molecular formula is C27H23BrN2O8. The molecule has 0 amide bonds. The smallest absolute Gasteiger partial charge is 0.339 e. The van der Waals surface area contributed by atoms with Crippen LogP contribution in [0.15, 0.2) is 59.1 Å². The van der Waals surface area contributed by atoms with E-state index in [0.717, 1.165) is 45.8 Å². The summed E-state index contributed by atoms with van der Waals surface area (Å²) < 4.78 is 12.2. The second-order valence-electron chi connectivity index (χ2n) is 9.21. The lowest BCUT2D eigenvalue weighted by Gasteiger charge is -2.32. The van der Waals surface area contributed by atoms with Crippen molar-refractivity contribution in [2.24, 2.45) is 5.92 Å². The molecule has 0 radical (unpaired) electrons. The number of aryl methyl sites for hydroxylation is 1. The average Bonchev–Trinajstić information content (AvgIpc) is 2.88. The monoisotopic (exact) mass is 582 g/mol. The van der Waals surface area contributed by atoms with Crippen LogP contribution in [0.1, 0.15) is 62.4 Å². The summed E-state index contributed by atoms with van der Waals surface area (Å²) in [6, 6.07) is 13.3. The van der Waals surface area contributed by atoms with E-state index in [0.29, 0.717) is 17.5 Å². The first-order valence-corrected chi connectivity index (χ1v) is 12.5. The molecule has 0 saturated heterocycles. The van der Waals surface area contributed by atoms with E-state index in [1.165, 1.54) is 0 Å². The number of ether oxygens (including phenoxy) is 2. The molecule has 0 spiro atoms. The van der Waals surface area contributed by atoms with Gasteiger partial charge in [-0.2, -0.15) is 0 Å². The van der Waals surface area contributed by atoms with Crippen molar-refractivity contribution < 1.29 is 28.9 Å². The van der Waals surface area contributed by atoms with Gasteiger partial charge in [-0.15, -0.1) is 0 Å². The molecule has 0 saturated carbocycles. The highest BCUT2D eigenvalue weighted by Gasteiger charge is 2.32. The van der Waals surface area contributed by atoms with E-state index in [1.807, 2.05) is 26.0 Å². The van der Waals surface area contributed by atoms with E-state index in [4.69, 9.17) is 9.47 Å². The van der Waals surface area contributed by atoms with Crippen molar-refractivity contribution >= 4 is 39.2 Å². The fraction of sp³-hybridized carbons (Fsp3) is 0.259. The number of fused-ring (bicyclic) bond motifs is 1. The minimum absolute atomic E-state index is 0.0470. The highest BCUT2D eigenvalue weighted by Crippen LogP contribution is 2.40. The van der Waals surface area contributed by atoms with Gasteiger partial charge < -0.3 is 9.47 Å². The van der Waals surface area contributed by atoms with Gasteiger partial charge in [0.1, 0.15) is 12.7 Å². The van der Waals surface area contributed by atoms with E-state index in [2.05, 4.69) is 15.9 Å². The van der Waals surface area contributed by atoms with E-state index in [-0.39, 0.29) is 18.1 Å². The number of carbonyl (C=O) groups is 2. The van der Waals surface area contributed by atoms with Crippen LogP contribution in [0.3, 0.4) is 0 Å². The van der Waals surface area contributed by atoms with Gasteiger partial charge in [-0.05, 0) is 66.6 Å². The summed E-state index contributed by atoms with van der Waals surface area (Å²) in [6.45, 7) is 3.83. The molecule has 196 valence electrons. The lowest BCUT2D eigenvalue weighted by molar-refractivity contribution is -0.394. The van der Waals surface area contributed by atoms with Crippen LogP contribution in [0.2, 0.25) is 0 Å². The summed E-state index contributed by atoms with van der Waals surface area (Å²) in [5.41, 5.74) is 2.14. The standard InChI is InChI=1S/C27H23BrN2O8/c1-15-9-18-4-3-16(2)23(14-37-26(31)17-5-7-20(28)8-6-17)25(18)24(10-15)38-27(32)19-11-21(29(33)34)13-22(12-19)30(35)36/h3-8,11-13,15,24H,9-10,14H2,1-2H3/t15-,24+/m1/s1. The normalized spacial score (nSPS) is 16.3. The van der Waals surface area contributed by atoms with Crippen LogP contribution in [0.5, 0.6) is 0 Å². The number of benzene rings is 3. The molecule has 0 N–H and O–H groups in total. The Hall–Kier alpha value is -4.12. The molecule has 0 aromatic heterocycles. The number of carbonyl (C=O) groups excluding carboxylic acids is 2. The molecule has 11 heteroatoms. The number of esters is 2. The molecule has 38 heavy (non-hydrogen) atoms. The first-order valence-electron chi connectivity index (χ1n) is 11.7. The third kappa shape index (κ3) is 5.88. The van der Waals surface area contributed by atoms with Crippen LogP contribution < -0.4 is 0 Å². The van der Waals surface area contributed by atoms with Gasteiger partial charge in [-0.25, -0.2) is 9.59 Å². The largest absolute Gasteiger partial charge is 0.457 e. The Balaban J connectivity index is 1.64. The quantitative estimate of drug-likeness (QED) is 0.177. The lowest BCUT2D eigenvalue weighted by atomic mass is 9.79. The van der Waals surface area contributed by atoms with E-state index >= 15 is 0 Å². The predicted octanol–water partition coefficient (Wildman–Crippen LogP) is 6.41. The van der Waals surface area contributed by atoms with Gasteiger partial charge >= 0.3 is 11.9 Å². The molecule has 0 bridgehead atoms. The zero-order valence-corrected chi connectivity index (χ0v) is 22.1. The minimum atomic E-state index is -0.916. The second-order valence-corrected chi connectivity index (χ2v) is 10.1. The molecule has 0 unspecified atom stereocenters. The number of rotatable bonds is 7. The molecule has 10 nitrogen and oxygen atoms in total. The van der Waals surface area contributed by atoms with E-state index in [9.17, 15) is 29.8 Å². The Morgan fingerprint density at radius 3 is 2.18 bits per heavy atom. The first kappa shape index (κ1) is 26.9. The van der Waals surface area contributed by atoms with Gasteiger partial charge in [-0.3, -0.25) is 20.2 Å². The zero-order valence-electron chi connectivity index (χ0n) is 20.5. The highest BCUT2D eigenvalue weighted by molar-refractivity contribution is 9.10. The number of nitro groups is 2. The molecule has 0 heterocycles. The second kappa shape index (κ2) is 11.1. The SMILES string of the molecule is Cc1ccc2c(c1COC(=O)c1ccc(Br)cc1)[C@@H](OC(=O)c1cc([N+](=O)[O-])cc([N+](=O)[O-])c1)C[C@H](C)C2. The molecule has 4 rings (SSSR count). The lowest BCUT2D eigenvalue weighted by Crippen LogP contribution is -2.24. The van der Waals surface area contributed by atoms with Crippen LogP contribution in [-0.4, -0.2) is 21.8 Å². The highest BCUT2D eigenvalue weighted by atomic mass is 79.9. The van der Waals surface area contributed by atoms with Gasteiger partial charge in [0.15, 0.2) is 0 Å². The topological polar surface area (TPSA) is 139 Å². The molecular weight excluding hydrogens is 560 g/mol. The van der Waals surface area contributed by atoms with Gasteiger partial charge in [-0.1, -0.05) is 35.0 Å². The van der Waals surface area contributed by atoms with Crippen molar-refractivity contribution in [2.75, 3.05) is 0 Å². The van der Waals surface area contributed by atoms with Crippen LogP contribution in [0.4, 0.5) is 11.4 Å². The maximum Gasteiger partial charge on any atom is 0.339 e. The minimum Gasteiger partial charge on any atom is -0.457 e. The third-order valence-electron chi connectivity index (χ3n) is 6.43. The number of nitro benzene ring substituents is 2. The Morgan fingerprint density at radius 2 is 1.58 bits per heavy atom. The maximum absolute atomic E-state index is 13.1. The van der Waals surface area contributed by atoms with Gasteiger partial charge in [0, 0.05) is 22.2 Å². The Bertz CT molecular complexity index is 1410. The molecule has 1 aliphatic carbocycles. The van der Waals surface area contributed by atoms with Crippen molar-refractivity contribution in [3.8, 4) is 0 Å². The zero-order chi connectivity index (χ0) is 27.6. The van der Waals surface area contributed by atoms with Crippen molar-refractivity contribution in [3.63, 3.8) is 0 Å². The summed E-state index contributed by atoms with van der Waals surface area (Å²) in [5, 5.41) is 22.5. The number of halogens is 1. The summed E-state index contributed by atoms with van der Waals surface area (Å²) in [5.74, 6) is -1.27. The predicted molar refractivity (Wildman–Crippen MR) is 140 cm³/mol. The first-order chi connectivity index (χ1) is 18.0. The summed E-state index contributed by atoms with van der Waals surface area (Å²) >= 11 is 3.33. The Kier molecular flexibility index (Phi) is 7.86. The summed E-state index contributed by atoms with van der Waals surface area (Å²) in [4.78, 5) is 46.7. The van der Waals surface area contributed by atoms with Gasteiger partial charge in [0.05, 0.1) is 27.0 Å². The van der Waals surface area contributed by atoms with Gasteiger partial charge in [0.25, 0.3) is 11.4 Å². The van der Waals surface area contributed by atoms with Crippen molar-refractivity contribution in [1.82, 2.24) is 0 Å². The third-order valence-corrected chi connectivity index (χ3v) is 6.95. The van der Waals surface area contributed by atoms with Crippen molar-refractivity contribution in [3.05, 3.63) is 113 Å². The fourth-order valence-corrected chi connectivity index (χ4v) is 4.83.